The van der Waals surface area contributed by atoms with Crippen LogP contribution in [0.25, 0.3) is 22.0 Å². The fourth-order valence-electron chi connectivity index (χ4n) is 3.72. The third-order valence-corrected chi connectivity index (χ3v) is 5.77. The third-order valence-electron chi connectivity index (χ3n) is 5.77. The van der Waals surface area contributed by atoms with Crippen LogP contribution in [0.4, 0.5) is 11.6 Å². The molecule has 162 valence electrons. The first-order valence-corrected chi connectivity index (χ1v) is 10.4. The molecular weight excluding hydrogens is 404 g/mol. The third kappa shape index (κ3) is 3.90. The summed E-state index contributed by atoms with van der Waals surface area (Å²) >= 11 is 0. The Morgan fingerprint density at radius 1 is 1.06 bits per heavy atom. The van der Waals surface area contributed by atoms with E-state index in [1.54, 1.807) is 35.5 Å². The van der Waals surface area contributed by atoms with E-state index in [4.69, 9.17) is 0 Å². The van der Waals surface area contributed by atoms with Gasteiger partial charge < -0.3 is 15.1 Å². The maximum absolute atomic E-state index is 12.9. The molecule has 0 saturated carbocycles. The van der Waals surface area contributed by atoms with Gasteiger partial charge in [-0.25, -0.2) is 9.97 Å². The summed E-state index contributed by atoms with van der Waals surface area (Å²) in [4.78, 5) is 30.5. The lowest BCUT2D eigenvalue weighted by Gasteiger charge is -2.43. The summed E-state index contributed by atoms with van der Waals surface area (Å²) in [7, 11) is 6.03. The van der Waals surface area contributed by atoms with Crippen molar-refractivity contribution in [3.63, 3.8) is 0 Å². The van der Waals surface area contributed by atoms with Crippen LogP contribution in [0, 0.1) is 0 Å². The highest BCUT2D eigenvalue weighted by atomic mass is 16.1. The number of hydrogen-bond acceptors (Lipinski definition) is 7. The zero-order valence-electron chi connectivity index (χ0n) is 18.2. The van der Waals surface area contributed by atoms with E-state index >= 15 is 0 Å². The van der Waals surface area contributed by atoms with Gasteiger partial charge in [-0.3, -0.25) is 14.5 Å². The number of fused-ring (bicyclic) bond motifs is 1. The molecule has 1 aliphatic heterocycles. The van der Waals surface area contributed by atoms with E-state index in [9.17, 15) is 4.79 Å². The Bertz CT molecular complexity index is 1290. The highest BCUT2D eigenvalue weighted by Gasteiger charge is 2.29. The number of likely N-dealkylation sites (N-methyl/N-ethyl adjacent to an activating group) is 1. The maximum atomic E-state index is 12.9. The van der Waals surface area contributed by atoms with Gasteiger partial charge in [0.25, 0.3) is 5.91 Å². The lowest BCUT2D eigenvalue weighted by Crippen LogP contribution is -2.57. The second-order valence-electron chi connectivity index (χ2n) is 8.27. The molecule has 1 fully saturated rings. The summed E-state index contributed by atoms with van der Waals surface area (Å²) in [5, 5.41) is 8.00. The first kappa shape index (κ1) is 20.1. The zero-order valence-corrected chi connectivity index (χ0v) is 18.2. The number of amides is 1. The molecule has 32 heavy (non-hydrogen) atoms. The summed E-state index contributed by atoms with van der Waals surface area (Å²) in [6.45, 7) is 1.81. The fourth-order valence-corrected chi connectivity index (χ4v) is 3.72. The molecule has 0 aromatic carbocycles. The molecular formula is C23H24N8O. The Morgan fingerprint density at radius 2 is 1.91 bits per heavy atom. The molecule has 1 saturated heterocycles. The Hall–Kier alpha value is -3.85. The Balaban J connectivity index is 1.34. The van der Waals surface area contributed by atoms with Crippen molar-refractivity contribution in [1.29, 1.82) is 0 Å². The van der Waals surface area contributed by atoms with Gasteiger partial charge in [0.2, 0.25) is 0 Å². The normalized spacial score (nSPS) is 14.1. The van der Waals surface area contributed by atoms with E-state index in [0.717, 1.165) is 40.9 Å². The van der Waals surface area contributed by atoms with Crippen LogP contribution >= 0.6 is 0 Å². The van der Waals surface area contributed by atoms with Gasteiger partial charge in [0.1, 0.15) is 11.6 Å². The van der Waals surface area contributed by atoms with E-state index in [1.807, 2.05) is 31.4 Å². The van der Waals surface area contributed by atoms with Gasteiger partial charge in [-0.2, -0.15) is 5.10 Å². The average molecular weight is 429 g/mol. The predicted octanol–water partition coefficient (Wildman–Crippen LogP) is 2.43. The van der Waals surface area contributed by atoms with Gasteiger partial charge >= 0.3 is 0 Å². The second-order valence-corrected chi connectivity index (χ2v) is 8.27. The van der Waals surface area contributed by atoms with E-state index in [2.05, 4.69) is 49.3 Å². The first-order chi connectivity index (χ1) is 15.5. The number of nitrogens with one attached hydrogen (secondary N) is 1. The number of nitrogens with zero attached hydrogens (tertiary/aromatic N) is 7. The number of carbonyl (C=O) groups is 1. The molecule has 1 N–H and O–H groups in total. The predicted molar refractivity (Wildman–Crippen MR) is 124 cm³/mol. The number of pyridine rings is 3. The molecule has 9 nitrogen and oxygen atoms in total. The number of anilines is 2. The Morgan fingerprint density at radius 3 is 2.66 bits per heavy atom. The van der Waals surface area contributed by atoms with Gasteiger partial charge in [0.05, 0.1) is 17.9 Å². The Kier molecular flexibility index (Phi) is 5.02. The van der Waals surface area contributed by atoms with Crippen molar-refractivity contribution in [3.05, 3.63) is 60.8 Å². The van der Waals surface area contributed by atoms with Crippen LogP contribution in [0.3, 0.4) is 0 Å². The molecule has 0 aliphatic carbocycles. The molecule has 1 amide bonds. The SMILES string of the molecule is CN(C)C1CN(c2cc(C(=O)Nc3cc4cc(-c5cnn(C)c5)cnc4cn3)ccn2)C1. The van der Waals surface area contributed by atoms with Crippen LogP contribution < -0.4 is 10.2 Å². The van der Waals surface area contributed by atoms with Crippen LogP contribution in [0.15, 0.2) is 55.2 Å². The van der Waals surface area contributed by atoms with Crippen molar-refractivity contribution >= 4 is 28.4 Å². The molecule has 5 rings (SSSR count). The quantitative estimate of drug-likeness (QED) is 0.522. The van der Waals surface area contributed by atoms with Crippen LogP contribution in [-0.2, 0) is 7.05 Å². The minimum absolute atomic E-state index is 0.221. The van der Waals surface area contributed by atoms with Crippen molar-refractivity contribution in [2.75, 3.05) is 37.4 Å². The molecule has 4 aromatic heterocycles. The van der Waals surface area contributed by atoms with Crippen LogP contribution in [-0.4, -0.2) is 68.8 Å². The number of aromatic nitrogens is 5. The molecule has 5 heterocycles. The summed E-state index contributed by atoms with van der Waals surface area (Å²) in [6, 6.07) is 7.90. The van der Waals surface area contributed by atoms with Crippen molar-refractivity contribution in [1.82, 2.24) is 29.6 Å². The van der Waals surface area contributed by atoms with Gasteiger partial charge in [0.15, 0.2) is 0 Å². The van der Waals surface area contributed by atoms with Crippen LogP contribution in [0.2, 0.25) is 0 Å². The fraction of sp³-hybridized carbons (Fsp3) is 0.261. The smallest absolute Gasteiger partial charge is 0.257 e. The number of carbonyl (C=O) groups excluding carboxylic acids is 1. The summed E-state index contributed by atoms with van der Waals surface area (Å²) in [5.41, 5.74) is 3.25. The number of aryl methyl sites for hydroxylation is 1. The van der Waals surface area contributed by atoms with E-state index < -0.39 is 0 Å². The second kappa shape index (κ2) is 8.01. The van der Waals surface area contributed by atoms with Crippen molar-refractivity contribution in [2.45, 2.75) is 6.04 Å². The summed E-state index contributed by atoms with van der Waals surface area (Å²) in [5.74, 6) is 1.07. The van der Waals surface area contributed by atoms with E-state index in [1.165, 1.54) is 0 Å². The van der Waals surface area contributed by atoms with Crippen LogP contribution in [0.1, 0.15) is 10.4 Å². The lowest BCUT2D eigenvalue weighted by molar-refractivity contribution is 0.102. The molecule has 1 aliphatic rings. The molecule has 0 bridgehead atoms. The number of hydrogen-bond donors (Lipinski definition) is 1. The minimum atomic E-state index is -0.221. The standard InChI is InChI=1S/C23H24N8O/c1-29(2)19-13-31(14-19)22-8-15(4-5-24-22)23(32)28-21-7-16-6-17(9-25-20(16)11-26-21)18-10-27-30(3)12-18/h4-12,19H,13-14H2,1-3H3,(H,26,28,32). The van der Waals surface area contributed by atoms with Crippen molar-refractivity contribution in [3.8, 4) is 11.1 Å². The molecule has 0 atom stereocenters. The monoisotopic (exact) mass is 428 g/mol. The number of rotatable bonds is 5. The summed E-state index contributed by atoms with van der Waals surface area (Å²) < 4.78 is 1.75. The molecule has 9 heteroatoms. The van der Waals surface area contributed by atoms with E-state index in [0.29, 0.717) is 17.4 Å². The molecule has 4 aromatic rings. The van der Waals surface area contributed by atoms with Crippen molar-refractivity contribution < 1.29 is 4.79 Å². The first-order valence-electron chi connectivity index (χ1n) is 10.4. The maximum Gasteiger partial charge on any atom is 0.257 e. The Labute approximate surface area is 185 Å². The highest BCUT2D eigenvalue weighted by Crippen LogP contribution is 2.24. The van der Waals surface area contributed by atoms with Gasteiger partial charge in [-0.15, -0.1) is 0 Å². The highest BCUT2D eigenvalue weighted by molar-refractivity contribution is 6.04. The average Bonchev–Trinajstić information content (AvgIpc) is 3.18. The minimum Gasteiger partial charge on any atom is -0.353 e. The summed E-state index contributed by atoms with van der Waals surface area (Å²) in [6.07, 6.45) is 8.87. The topological polar surface area (TPSA) is 92.1 Å². The van der Waals surface area contributed by atoms with Crippen LogP contribution in [0.5, 0.6) is 0 Å². The van der Waals surface area contributed by atoms with Gasteiger partial charge in [-0.1, -0.05) is 0 Å². The van der Waals surface area contributed by atoms with Gasteiger partial charge in [0, 0.05) is 66.8 Å². The largest absolute Gasteiger partial charge is 0.353 e. The van der Waals surface area contributed by atoms with Gasteiger partial charge in [-0.05, 0) is 38.4 Å². The lowest BCUT2D eigenvalue weighted by atomic mass is 10.1. The molecule has 0 spiro atoms. The zero-order chi connectivity index (χ0) is 22.2. The molecule has 0 radical (unpaired) electrons. The van der Waals surface area contributed by atoms with Crippen molar-refractivity contribution in [2.24, 2.45) is 7.05 Å². The van der Waals surface area contributed by atoms with E-state index in [-0.39, 0.29) is 5.91 Å². The molecule has 0 unspecified atom stereocenters.